The summed E-state index contributed by atoms with van der Waals surface area (Å²) in [5.41, 5.74) is 2.77. The van der Waals surface area contributed by atoms with Crippen LogP contribution in [0.3, 0.4) is 0 Å². The Morgan fingerprint density at radius 2 is 1.46 bits per heavy atom. The number of anilines is 2. The highest BCUT2D eigenvalue weighted by molar-refractivity contribution is 5.96. The largest absolute Gasteiger partial charge is 0.349 e. The van der Waals surface area contributed by atoms with Gasteiger partial charge >= 0.3 is 0 Å². The SMILES string of the molecule is CC(=O)Nc1ccc(CC(=O)Nc2ccc(C(=O)NC3CC3)cc2)cc1. The van der Waals surface area contributed by atoms with Crippen LogP contribution in [0.5, 0.6) is 0 Å². The van der Waals surface area contributed by atoms with Crippen LogP contribution < -0.4 is 16.0 Å². The van der Waals surface area contributed by atoms with Crippen molar-refractivity contribution in [3.63, 3.8) is 0 Å². The molecule has 6 heteroatoms. The van der Waals surface area contributed by atoms with Gasteiger partial charge in [-0.1, -0.05) is 12.1 Å². The van der Waals surface area contributed by atoms with Crippen molar-refractivity contribution in [2.24, 2.45) is 0 Å². The van der Waals surface area contributed by atoms with E-state index < -0.39 is 0 Å². The molecule has 0 aliphatic heterocycles. The van der Waals surface area contributed by atoms with E-state index in [1.807, 2.05) is 0 Å². The molecule has 6 nitrogen and oxygen atoms in total. The molecule has 1 fully saturated rings. The quantitative estimate of drug-likeness (QED) is 0.748. The molecule has 0 aromatic heterocycles. The molecule has 0 radical (unpaired) electrons. The highest BCUT2D eigenvalue weighted by Gasteiger charge is 2.23. The lowest BCUT2D eigenvalue weighted by Gasteiger charge is -2.08. The van der Waals surface area contributed by atoms with Crippen molar-refractivity contribution in [1.29, 1.82) is 0 Å². The van der Waals surface area contributed by atoms with E-state index in [1.54, 1.807) is 48.5 Å². The zero-order valence-corrected chi connectivity index (χ0v) is 14.5. The number of nitrogens with one attached hydrogen (secondary N) is 3. The number of carbonyl (C=O) groups excluding carboxylic acids is 3. The summed E-state index contributed by atoms with van der Waals surface area (Å²) in [4.78, 5) is 35.1. The summed E-state index contributed by atoms with van der Waals surface area (Å²) in [6.45, 7) is 1.45. The van der Waals surface area contributed by atoms with Gasteiger partial charge in [-0.3, -0.25) is 14.4 Å². The molecular weight excluding hydrogens is 330 g/mol. The second kappa shape index (κ2) is 7.82. The zero-order chi connectivity index (χ0) is 18.5. The number of amides is 3. The van der Waals surface area contributed by atoms with E-state index in [9.17, 15) is 14.4 Å². The summed E-state index contributed by atoms with van der Waals surface area (Å²) in [7, 11) is 0. The molecular formula is C20H21N3O3. The topological polar surface area (TPSA) is 87.3 Å². The van der Waals surface area contributed by atoms with E-state index in [4.69, 9.17) is 0 Å². The minimum Gasteiger partial charge on any atom is -0.349 e. The minimum atomic E-state index is -0.146. The Labute approximate surface area is 152 Å². The summed E-state index contributed by atoms with van der Waals surface area (Å²) in [6.07, 6.45) is 2.32. The van der Waals surface area contributed by atoms with Gasteiger partial charge in [-0.15, -0.1) is 0 Å². The second-order valence-electron chi connectivity index (χ2n) is 6.43. The Hall–Kier alpha value is -3.15. The average molecular weight is 351 g/mol. The maximum Gasteiger partial charge on any atom is 0.251 e. The van der Waals surface area contributed by atoms with Crippen LogP contribution in [0.2, 0.25) is 0 Å². The molecule has 0 saturated heterocycles. The van der Waals surface area contributed by atoms with Crippen molar-refractivity contribution in [2.45, 2.75) is 32.2 Å². The van der Waals surface area contributed by atoms with Crippen molar-refractivity contribution >= 4 is 29.1 Å². The third-order valence-corrected chi connectivity index (χ3v) is 3.98. The highest BCUT2D eigenvalue weighted by Crippen LogP contribution is 2.19. The standard InChI is InChI=1S/C20H21N3O3/c1-13(24)21-16-6-2-14(3-7-16)12-19(25)22-17-8-4-15(5-9-17)20(26)23-18-10-11-18/h2-9,18H,10-12H2,1H3,(H,21,24)(H,22,25)(H,23,26). The van der Waals surface area contributed by atoms with E-state index in [0.29, 0.717) is 23.0 Å². The molecule has 0 heterocycles. The van der Waals surface area contributed by atoms with Gasteiger partial charge in [-0.25, -0.2) is 0 Å². The van der Waals surface area contributed by atoms with Crippen LogP contribution in [0.1, 0.15) is 35.7 Å². The average Bonchev–Trinajstić information content (AvgIpc) is 3.41. The van der Waals surface area contributed by atoms with Crippen molar-refractivity contribution in [3.05, 3.63) is 59.7 Å². The van der Waals surface area contributed by atoms with Gasteiger partial charge < -0.3 is 16.0 Å². The molecule has 2 aromatic rings. The van der Waals surface area contributed by atoms with E-state index in [0.717, 1.165) is 18.4 Å². The first-order valence-corrected chi connectivity index (χ1v) is 8.57. The van der Waals surface area contributed by atoms with Gasteiger partial charge in [0.15, 0.2) is 0 Å². The molecule has 2 aromatic carbocycles. The highest BCUT2D eigenvalue weighted by atomic mass is 16.2. The Kier molecular flexibility index (Phi) is 5.31. The van der Waals surface area contributed by atoms with Crippen LogP contribution >= 0.6 is 0 Å². The number of carbonyl (C=O) groups is 3. The smallest absolute Gasteiger partial charge is 0.251 e. The zero-order valence-electron chi connectivity index (χ0n) is 14.5. The molecule has 3 N–H and O–H groups in total. The summed E-state index contributed by atoms with van der Waals surface area (Å²) in [5, 5.41) is 8.43. The maximum atomic E-state index is 12.2. The van der Waals surface area contributed by atoms with Crippen LogP contribution in [0, 0.1) is 0 Å². The molecule has 0 atom stereocenters. The lowest BCUT2D eigenvalue weighted by atomic mass is 10.1. The molecule has 3 amide bonds. The predicted molar refractivity (Wildman–Crippen MR) is 100 cm³/mol. The van der Waals surface area contributed by atoms with Gasteiger partial charge in [0, 0.05) is 29.9 Å². The third kappa shape index (κ3) is 5.17. The number of hydrogen-bond acceptors (Lipinski definition) is 3. The summed E-state index contributed by atoms with van der Waals surface area (Å²) >= 11 is 0. The van der Waals surface area contributed by atoms with Crippen molar-refractivity contribution < 1.29 is 14.4 Å². The van der Waals surface area contributed by atoms with Gasteiger partial charge in [-0.2, -0.15) is 0 Å². The molecule has 0 spiro atoms. The van der Waals surface area contributed by atoms with Gasteiger partial charge in [0.05, 0.1) is 6.42 Å². The molecule has 134 valence electrons. The van der Waals surface area contributed by atoms with E-state index in [1.165, 1.54) is 6.92 Å². The maximum absolute atomic E-state index is 12.2. The Balaban J connectivity index is 1.52. The van der Waals surface area contributed by atoms with Gasteiger partial charge in [-0.05, 0) is 54.8 Å². The van der Waals surface area contributed by atoms with Crippen LogP contribution in [-0.4, -0.2) is 23.8 Å². The molecule has 26 heavy (non-hydrogen) atoms. The predicted octanol–water partition coefficient (Wildman–Crippen LogP) is 2.72. The van der Waals surface area contributed by atoms with Crippen LogP contribution in [0.15, 0.2) is 48.5 Å². The fourth-order valence-electron chi connectivity index (χ4n) is 2.50. The minimum absolute atomic E-state index is 0.0790. The lowest BCUT2D eigenvalue weighted by Crippen LogP contribution is -2.25. The first kappa shape index (κ1) is 17.7. The fourth-order valence-corrected chi connectivity index (χ4v) is 2.50. The molecule has 0 unspecified atom stereocenters. The lowest BCUT2D eigenvalue weighted by molar-refractivity contribution is -0.116. The van der Waals surface area contributed by atoms with Crippen molar-refractivity contribution in [3.8, 4) is 0 Å². The monoisotopic (exact) mass is 351 g/mol. The number of rotatable bonds is 6. The Bertz CT molecular complexity index is 809. The normalized spacial score (nSPS) is 13.0. The first-order chi connectivity index (χ1) is 12.5. The van der Waals surface area contributed by atoms with E-state index in [-0.39, 0.29) is 24.1 Å². The first-order valence-electron chi connectivity index (χ1n) is 8.57. The van der Waals surface area contributed by atoms with E-state index >= 15 is 0 Å². The number of hydrogen-bond donors (Lipinski definition) is 3. The molecule has 3 rings (SSSR count). The van der Waals surface area contributed by atoms with Crippen LogP contribution in [-0.2, 0) is 16.0 Å². The van der Waals surface area contributed by atoms with Gasteiger partial charge in [0.1, 0.15) is 0 Å². The second-order valence-corrected chi connectivity index (χ2v) is 6.43. The van der Waals surface area contributed by atoms with Gasteiger partial charge in [0.25, 0.3) is 5.91 Å². The summed E-state index contributed by atoms with van der Waals surface area (Å²) in [5.74, 6) is -0.359. The molecule has 0 bridgehead atoms. The third-order valence-electron chi connectivity index (χ3n) is 3.98. The van der Waals surface area contributed by atoms with E-state index in [2.05, 4.69) is 16.0 Å². The Morgan fingerprint density at radius 3 is 2.04 bits per heavy atom. The molecule has 1 aliphatic carbocycles. The van der Waals surface area contributed by atoms with Crippen molar-refractivity contribution in [1.82, 2.24) is 5.32 Å². The number of benzene rings is 2. The van der Waals surface area contributed by atoms with Gasteiger partial charge in [0.2, 0.25) is 11.8 Å². The summed E-state index contributed by atoms with van der Waals surface area (Å²) < 4.78 is 0. The Morgan fingerprint density at radius 1 is 0.885 bits per heavy atom. The summed E-state index contributed by atoms with van der Waals surface area (Å²) in [6, 6.07) is 14.3. The fraction of sp³-hybridized carbons (Fsp3) is 0.250. The molecule has 1 saturated carbocycles. The van der Waals surface area contributed by atoms with Crippen LogP contribution in [0.4, 0.5) is 11.4 Å². The molecule has 1 aliphatic rings. The van der Waals surface area contributed by atoms with Crippen LogP contribution in [0.25, 0.3) is 0 Å². The van der Waals surface area contributed by atoms with Crippen molar-refractivity contribution in [2.75, 3.05) is 10.6 Å².